The summed E-state index contributed by atoms with van der Waals surface area (Å²) in [6.07, 6.45) is 0. The van der Waals surface area contributed by atoms with Gasteiger partial charge >= 0.3 is 0 Å². The third-order valence-corrected chi connectivity index (χ3v) is 6.08. The molecule has 2 rings (SSSR count). The van der Waals surface area contributed by atoms with Crippen LogP contribution in [0.4, 0.5) is 0 Å². The van der Waals surface area contributed by atoms with E-state index in [2.05, 4.69) is 0 Å². The average molecular weight is 450 g/mol. The number of methoxy groups -OCH3 is 2. The molecule has 1 unspecified atom stereocenters. The number of ether oxygens (including phenoxy) is 5. The minimum atomic E-state index is -1.77. The van der Waals surface area contributed by atoms with Crippen LogP contribution < -0.4 is 24.3 Å². The van der Waals surface area contributed by atoms with Crippen molar-refractivity contribution >= 4 is 19.0 Å². The van der Waals surface area contributed by atoms with Gasteiger partial charge in [-0.1, -0.05) is 6.07 Å². The summed E-state index contributed by atoms with van der Waals surface area (Å²) in [6, 6.07) is 10.7. The molecule has 0 aliphatic heterocycles. The van der Waals surface area contributed by atoms with E-state index < -0.39 is 8.15 Å². The van der Waals surface area contributed by atoms with Crippen LogP contribution in [-0.4, -0.2) is 52.8 Å². The van der Waals surface area contributed by atoms with Crippen LogP contribution in [0, 0.1) is 0 Å². The average Bonchev–Trinajstić information content (AvgIpc) is 2.79. The van der Waals surface area contributed by atoms with E-state index in [1.54, 1.807) is 24.3 Å². The molecule has 0 radical (unpaired) electrons. The summed E-state index contributed by atoms with van der Waals surface area (Å²) in [7, 11) is 1.27. The minimum absolute atomic E-state index is 0.231. The van der Waals surface area contributed by atoms with Crippen LogP contribution in [0.5, 0.6) is 23.0 Å². The molecule has 2 aromatic rings. The first kappa shape index (κ1) is 24.9. The Morgan fingerprint density at radius 2 is 1.52 bits per heavy atom. The van der Waals surface area contributed by atoms with Gasteiger partial charge in [-0.3, -0.25) is 4.79 Å². The molecule has 0 aromatic heterocycles. The molecule has 0 saturated heterocycles. The van der Waals surface area contributed by atoms with Crippen molar-refractivity contribution in [3.63, 3.8) is 0 Å². The number of rotatable bonds is 14. The molecule has 1 atom stereocenters. The second-order valence-electron chi connectivity index (χ2n) is 6.16. The first-order chi connectivity index (χ1) is 15.1. The summed E-state index contributed by atoms with van der Waals surface area (Å²) in [5, 5.41) is 0.662. The molecule has 0 amide bonds. The van der Waals surface area contributed by atoms with E-state index in [-0.39, 0.29) is 12.1 Å². The first-order valence-electron chi connectivity index (χ1n) is 10.3. The van der Waals surface area contributed by atoms with E-state index in [0.29, 0.717) is 60.3 Å². The lowest BCUT2D eigenvalue weighted by Crippen LogP contribution is -2.17. The van der Waals surface area contributed by atoms with E-state index in [1.165, 1.54) is 14.2 Å². The molecule has 0 heterocycles. The highest BCUT2D eigenvalue weighted by molar-refractivity contribution is 7.78. The molecule has 31 heavy (non-hydrogen) atoms. The molecule has 7 nitrogen and oxygen atoms in total. The van der Waals surface area contributed by atoms with E-state index in [0.717, 1.165) is 0 Å². The first-order valence-corrected chi connectivity index (χ1v) is 11.5. The monoisotopic (exact) mass is 450 g/mol. The fourth-order valence-electron chi connectivity index (χ4n) is 2.92. The Labute approximate surface area is 185 Å². The van der Waals surface area contributed by atoms with E-state index in [1.807, 2.05) is 32.9 Å². The van der Waals surface area contributed by atoms with Crippen molar-refractivity contribution in [2.75, 3.05) is 47.3 Å². The minimum Gasteiger partial charge on any atom is -0.496 e. The quantitative estimate of drug-likeness (QED) is 0.312. The summed E-state index contributed by atoms with van der Waals surface area (Å²) >= 11 is 0. The van der Waals surface area contributed by atoms with Gasteiger partial charge in [0.15, 0.2) is 0 Å². The van der Waals surface area contributed by atoms with Gasteiger partial charge in [-0.2, -0.15) is 0 Å². The SMILES string of the molecule is CCOCCOP(C(=O)c1c(OC)cccc1OC)c1ccc(OCC)cc1OCC. The van der Waals surface area contributed by atoms with Crippen molar-refractivity contribution in [3.05, 3.63) is 42.0 Å². The van der Waals surface area contributed by atoms with Crippen molar-refractivity contribution in [3.8, 4) is 23.0 Å². The molecule has 0 spiro atoms. The lowest BCUT2D eigenvalue weighted by atomic mass is 10.2. The second-order valence-corrected chi connectivity index (χ2v) is 7.90. The van der Waals surface area contributed by atoms with Crippen LogP contribution in [0.3, 0.4) is 0 Å². The molecule has 170 valence electrons. The summed E-state index contributed by atoms with van der Waals surface area (Å²) in [6.45, 7) is 7.90. The van der Waals surface area contributed by atoms with E-state index >= 15 is 0 Å². The Morgan fingerprint density at radius 1 is 0.839 bits per heavy atom. The van der Waals surface area contributed by atoms with Crippen molar-refractivity contribution in [2.24, 2.45) is 0 Å². The van der Waals surface area contributed by atoms with Crippen LogP contribution in [0.15, 0.2) is 36.4 Å². The van der Waals surface area contributed by atoms with Crippen LogP contribution in [0.2, 0.25) is 0 Å². The predicted octanol–water partition coefficient (Wildman–Crippen LogP) is 4.42. The van der Waals surface area contributed by atoms with Gasteiger partial charge < -0.3 is 28.2 Å². The zero-order valence-electron chi connectivity index (χ0n) is 18.8. The van der Waals surface area contributed by atoms with Gasteiger partial charge in [0.25, 0.3) is 0 Å². The normalized spacial score (nSPS) is 11.6. The zero-order chi connectivity index (χ0) is 22.6. The number of hydrogen-bond acceptors (Lipinski definition) is 7. The van der Waals surface area contributed by atoms with Crippen LogP contribution >= 0.6 is 8.15 Å². The molecule has 0 N–H and O–H groups in total. The maximum absolute atomic E-state index is 13.8. The smallest absolute Gasteiger partial charge is 0.223 e. The number of benzene rings is 2. The van der Waals surface area contributed by atoms with Gasteiger partial charge in [-0.05, 0) is 45.0 Å². The van der Waals surface area contributed by atoms with Gasteiger partial charge in [0.1, 0.15) is 36.7 Å². The van der Waals surface area contributed by atoms with Crippen LogP contribution in [-0.2, 0) is 9.26 Å². The third-order valence-electron chi connectivity index (χ3n) is 4.24. The molecule has 0 aliphatic carbocycles. The highest BCUT2D eigenvalue weighted by atomic mass is 31.1. The van der Waals surface area contributed by atoms with Crippen molar-refractivity contribution in [1.82, 2.24) is 0 Å². The Bertz CT molecular complexity index is 818. The lowest BCUT2D eigenvalue weighted by molar-refractivity contribution is 0.102. The van der Waals surface area contributed by atoms with Gasteiger partial charge in [-0.25, -0.2) is 0 Å². The number of carbonyl (C=O) groups excluding carboxylic acids is 1. The fourth-order valence-corrected chi connectivity index (χ4v) is 4.62. The fraction of sp³-hybridized carbons (Fsp3) is 0.435. The van der Waals surface area contributed by atoms with Crippen molar-refractivity contribution in [2.45, 2.75) is 20.8 Å². The highest BCUT2D eigenvalue weighted by Crippen LogP contribution is 2.47. The highest BCUT2D eigenvalue weighted by Gasteiger charge is 2.31. The number of carbonyl (C=O) groups is 1. The molecule has 0 fully saturated rings. The zero-order valence-corrected chi connectivity index (χ0v) is 19.7. The molecular formula is C23H31O7P. The van der Waals surface area contributed by atoms with E-state index in [4.69, 9.17) is 28.2 Å². The number of hydrogen-bond donors (Lipinski definition) is 0. The standard InChI is InChI=1S/C23H31O7P/c1-6-27-14-15-30-31(21-13-12-17(28-7-2)16-20(21)29-8-3)23(24)22-18(25-4)10-9-11-19(22)26-5/h9-13,16H,6-8,14-15H2,1-5H3. The van der Waals surface area contributed by atoms with Crippen LogP contribution in [0.25, 0.3) is 0 Å². The molecule has 8 heteroatoms. The van der Waals surface area contributed by atoms with Gasteiger partial charge in [0.2, 0.25) is 5.52 Å². The molecule has 0 saturated carbocycles. The Hall–Kier alpha value is -2.34. The second kappa shape index (κ2) is 13.2. The topological polar surface area (TPSA) is 72.5 Å². The third kappa shape index (κ3) is 6.57. The molecule has 0 bridgehead atoms. The van der Waals surface area contributed by atoms with Gasteiger partial charge in [0.05, 0.1) is 46.0 Å². The summed E-state index contributed by atoms with van der Waals surface area (Å²) in [5.74, 6) is 2.07. The molecule has 2 aromatic carbocycles. The van der Waals surface area contributed by atoms with E-state index in [9.17, 15) is 4.79 Å². The van der Waals surface area contributed by atoms with Crippen molar-refractivity contribution < 1.29 is 33.0 Å². The molecule has 0 aliphatic rings. The Kier molecular flexibility index (Phi) is 10.6. The molecular weight excluding hydrogens is 419 g/mol. The largest absolute Gasteiger partial charge is 0.496 e. The van der Waals surface area contributed by atoms with Crippen LogP contribution in [0.1, 0.15) is 31.1 Å². The maximum atomic E-state index is 13.8. The predicted molar refractivity (Wildman–Crippen MR) is 122 cm³/mol. The van der Waals surface area contributed by atoms with Gasteiger partial charge in [-0.15, -0.1) is 0 Å². The van der Waals surface area contributed by atoms with Crippen molar-refractivity contribution in [1.29, 1.82) is 0 Å². The summed E-state index contributed by atoms with van der Waals surface area (Å²) in [5.41, 5.74) is 0.109. The summed E-state index contributed by atoms with van der Waals surface area (Å²) < 4.78 is 33.8. The Morgan fingerprint density at radius 3 is 2.10 bits per heavy atom. The lowest BCUT2D eigenvalue weighted by Gasteiger charge is -2.22. The summed E-state index contributed by atoms with van der Waals surface area (Å²) in [4.78, 5) is 13.8. The maximum Gasteiger partial charge on any atom is 0.223 e. The van der Waals surface area contributed by atoms with Gasteiger partial charge in [0, 0.05) is 12.7 Å². The Balaban J connectivity index is 2.52.